The summed E-state index contributed by atoms with van der Waals surface area (Å²) in [6, 6.07) is 7.55. The van der Waals surface area contributed by atoms with E-state index in [2.05, 4.69) is 10.5 Å². The van der Waals surface area contributed by atoms with E-state index >= 15 is 0 Å². The highest BCUT2D eigenvalue weighted by Gasteiger charge is 2.19. The van der Waals surface area contributed by atoms with Crippen LogP contribution in [0, 0.1) is 13.8 Å². The summed E-state index contributed by atoms with van der Waals surface area (Å²) in [5.74, 6) is -0.903. The van der Waals surface area contributed by atoms with Crippen molar-refractivity contribution in [3.63, 3.8) is 0 Å². The van der Waals surface area contributed by atoms with Gasteiger partial charge in [-0.3, -0.25) is 0 Å². The van der Waals surface area contributed by atoms with Gasteiger partial charge in [0.25, 0.3) is 0 Å². The molecule has 0 spiro atoms. The van der Waals surface area contributed by atoms with Crippen molar-refractivity contribution in [2.24, 2.45) is 0 Å². The number of carboxylic acid groups (broad SMARTS) is 1. The van der Waals surface area contributed by atoms with Crippen LogP contribution in [0.15, 0.2) is 28.8 Å². The van der Waals surface area contributed by atoms with E-state index in [4.69, 9.17) is 9.63 Å². The van der Waals surface area contributed by atoms with E-state index in [9.17, 15) is 4.79 Å². The molecule has 0 saturated heterocycles. The Bertz CT molecular complexity index is 561. The largest absolute Gasteiger partial charge is 0.477 e. The number of hydrogen-bond donors (Lipinski definition) is 2. The van der Waals surface area contributed by atoms with E-state index in [0.717, 1.165) is 11.3 Å². The van der Waals surface area contributed by atoms with Crippen LogP contribution in [0.5, 0.6) is 0 Å². The number of benzene rings is 1. The number of aryl methyl sites for hydroxylation is 2. The SMILES string of the molecule is Cc1cccc(Nc2onc(C)c2C(=O)O)c1. The molecule has 2 aromatic rings. The van der Waals surface area contributed by atoms with Crippen molar-refractivity contribution >= 4 is 17.5 Å². The van der Waals surface area contributed by atoms with E-state index in [1.54, 1.807) is 6.92 Å². The van der Waals surface area contributed by atoms with Crippen LogP contribution in [-0.2, 0) is 0 Å². The Hall–Kier alpha value is -2.30. The summed E-state index contributed by atoms with van der Waals surface area (Å²) in [7, 11) is 0. The van der Waals surface area contributed by atoms with E-state index in [1.807, 2.05) is 31.2 Å². The molecule has 0 aliphatic heterocycles. The minimum absolute atomic E-state index is 0.0616. The number of anilines is 2. The topological polar surface area (TPSA) is 75.4 Å². The van der Waals surface area contributed by atoms with Gasteiger partial charge >= 0.3 is 5.97 Å². The smallest absolute Gasteiger partial charge is 0.343 e. The molecule has 0 saturated carbocycles. The van der Waals surface area contributed by atoms with Crippen molar-refractivity contribution in [3.05, 3.63) is 41.1 Å². The van der Waals surface area contributed by atoms with Gasteiger partial charge in [-0.25, -0.2) is 4.79 Å². The van der Waals surface area contributed by atoms with E-state index in [0.29, 0.717) is 5.69 Å². The van der Waals surface area contributed by atoms with Gasteiger partial charge in [-0.1, -0.05) is 17.3 Å². The Morgan fingerprint density at radius 1 is 1.41 bits per heavy atom. The molecule has 1 aromatic heterocycles. The number of hydrogen-bond acceptors (Lipinski definition) is 4. The standard InChI is InChI=1S/C12H12N2O3/c1-7-4-3-5-9(6-7)13-11-10(12(15)16)8(2)14-17-11/h3-6,13H,1-2H3,(H,15,16). The summed E-state index contributed by atoms with van der Waals surface area (Å²) in [6.07, 6.45) is 0. The second-order valence-corrected chi connectivity index (χ2v) is 3.77. The molecule has 88 valence electrons. The zero-order valence-corrected chi connectivity index (χ0v) is 9.52. The Labute approximate surface area is 98.1 Å². The van der Waals surface area contributed by atoms with Gasteiger partial charge in [-0.15, -0.1) is 0 Å². The summed E-state index contributed by atoms with van der Waals surface area (Å²) < 4.78 is 4.96. The molecule has 1 aromatic carbocycles. The van der Waals surface area contributed by atoms with Crippen LogP contribution in [-0.4, -0.2) is 16.2 Å². The first-order valence-electron chi connectivity index (χ1n) is 5.11. The molecule has 2 rings (SSSR count). The molecule has 0 aliphatic rings. The average molecular weight is 232 g/mol. The molecule has 5 nitrogen and oxygen atoms in total. The molecule has 0 aliphatic carbocycles. The molecule has 5 heteroatoms. The summed E-state index contributed by atoms with van der Waals surface area (Å²) in [5.41, 5.74) is 2.26. The van der Waals surface area contributed by atoms with Gasteiger partial charge in [0.2, 0.25) is 5.88 Å². The van der Waals surface area contributed by atoms with Gasteiger partial charge in [-0.05, 0) is 31.5 Å². The first-order chi connectivity index (χ1) is 8.08. The molecule has 0 bridgehead atoms. The van der Waals surface area contributed by atoms with Crippen molar-refractivity contribution in [2.45, 2.75) is 13.8 Å². The highest BCUT2D eigenvalue weighted by Crippen LogP contribution is 2.23. The normalized spacial score (nSPS) is 10.2. The molecule has 0 atom stereocenters. The lowest BCUT2D eigenvalue weighted by molar-refractivity contribution is 0.0697. The maximum Gasteiger partial charge on any atom is 0.343 e. The summed E-state index contributed by atoms with van der Waals surface area (Å²) in [4.78, 5) is 11.0. The second kappa shape index (κ2) is 4.29. The van der Waals surface area contributed by atoms with E-state index in [-0.39, 0.29) is 11.4 Å². The van der Waals surface area contributed by atoms with E-state index < -0.39 is 5.97 Å². The van der Waals surface area contributed by atoms with Gasteiger partial charge in [0.05, 0.1) is 5.69 Å². The molecular weight excluding hydrogens is 220 g/mol. The zero-order valence-electron chi connectivity index (χ0n) is 9.52. The Morgan fingerprint density at radius 3 is 2.82 bits per heavy atom. The third kappa shape index (κ3) is 2.28. The lowest BCUT2D eigenvalue weighted by Crippen LogP contribution is -2.01. The van der Waals surface area contributed by atoms with Crippen molar-refractivity contribution in [2.75, 3.05) is 5.32 Å². The van der Waals surface area contributed by atoms with E-state index in [1.165, 1.54) is 0 Å². The number of nitrogens with zero attached hydrogens (tertiary/aromatic N) is 1. The highest BCUT2D eigenvalue weighted by molar-refractivity contribution is 5.94. The fourth-order valence-corrected chi connectivity index (χ4v) is 1.56. The number of aromatic nitrogens is 1. The molecule has 1 heterocycles. The summed E-state index contributed by atoms with van der Waals surface area (Å²) in [6.45, 7) is 3.54. The minimum atomic E-state index is -1.06. The van der Waals surface area contributed by atoms with Crippen molar-refractivity contribution in [1.82, 2.24) is 5.16 Å². The van der Waals surface area contributed by atoms with Crippen LogP contribution in [0.25, 0.3) is 0 Å². The Morgan fingerprint density at radius 2 is 2.18 bits per heavy atom. The predicted octanol–water partition coefficient (Wildman–Crippen LogP) is 2.73. The number of aromatic carboxylic acids is 1. The fourth-order valence-electron chi connectivity index (χ4n) is 1.56. The predicted molar refractivity (Wildman–Crippen MR) is 62.7 cm³/mol. The Balaban J connectivity index is 2.33. The van der Waals surface area contributed by atoms with Crippen LogP contribution in [0.4, 0.5) is 11.6 Å². The molecule has 0 unspecified atom stereocenters. The van der Waals surface area contributed by atoms with Gasteiger partial charge < -0.3 is 14.9 Å². The number of carboxylic acids is 1. The first-order valence-corrected chi connectivity index (χ1v) is 5.11. The third-order valence-electron chi connectivity index (χ3n) is 2.35. The maximum atomic E-state index is 11.0. The number of rotatable bonds is 3. The molecular formula is C12H12N2O3. The van der Waals surface area contributed by atoms with Gasteiger partial charge in [0, 0.05) is 5.69 Å². The number of nitrogens with one attached hydrogen (secondary N) is 1. The van der Waals surface area contributed by atoms with Crippen LogP contribution >= 0.6 is 0 Å². The molecule has 0 radical (unpaired) electrons. The molecule has 0 amide bonds. The van der Waals surface area contributed by atoms with Crippen LogP contribution in [0.3, 0.4) is 0 Å². The van der Waals surface area contributed by atoms with Gasteiger partial charge in [-0.2, -0.15) is 0 Å². The monoisotopic (exact) mass is 232 g/mol. The maximum absolute atomic E-state index is 11.0. The average Bonchev–Trinajstić information content (AvgIpc) is 2.59. The van der Waals surface area contributed by atoms with Crippen LogP contribution in [0.1, 0.15) is 21.6 Å². The second-order valence-electron chi connectivity index (χ2n) is 3.77. The minimum Gasteiger partial charge on any atom is -0.477 e. The third-order valence-corrected chi connectivity index (χ3v) is 2.35. The van der Waals surface area contributed by atoms with Gasteiger partial charge in [0.1, 0.15) is 5.56 Å². The molecule has 2 N–H and O–H groups in total. The first kappa shape index (κ1) is 11.2. The number of carbonyl (C=O) groups is 1. The van der Waals surface area contributed by atoms with Crippen molar-refractivity contribution < 1.29 is 14.4 Å². The lowest BCUT2D eigenvalue weighted by Gasteiger charge is -2.03. The molecule has 0 fully saturated rings. The van der Waals surface area contributed by atoms with Crippen LogP contribution < -0.4 is 5.32 Å². The van der Waals surface area contributed by atoms with Gasteiger partial charge in [0.15, 0.2) is 0 Å². The quantitative estimate of drug-likeness (QED) is 0.850. The molecule has 17 heavy (non-hydrogen) atoms. The summed E-state index contributed by atoms with van der Waals surface area (Å²) >= 11 is 0. The van der Waals surface area contributed by atoms with Crippen LogP contribution in [0.2, 0.25) is 0 Å². The highest BCUT2D eigenvalue weighted by atomic mass is 16.5. The van der Waals surface area contributed by atoms with Crippen molar-refractivity contribution in [1.29, 1.82) is 0 Å². The lowest BCUT2D eigenvalue weighted by atomic mass is 10.2. The zero-order chi connectivity index (χ0) is 12.4. The Kier molecular flexibility index (Phi) is 2.82. The fraction of sp³-hybridized carbons (Fsp3) is 0.167. The van der Waals surface area contributed by atoms with Crippen molar-refractivity contribution in [3.8, 4) is 0 Å². The summed E-state index contributed by atoms with van der Waals surface area (Å²) in [5, 5.41) is 15.6.